The standard InChI is InChI=1S/C31H44N4O2/c1-2-37-31(36)14-13-27(32)29-20-34(30-12-4-3-11-28(30)33-29)25-18-23-9-6-10-24(19-25)35(23)26-16-21-7-5-8-22(15-21)17-26/h3-4,11-12,21-26,32H,2,5-10,13-20H2,1H3. The van der Waals surface area contributed by atoms with E-state index in [4.69, 9.17) is 15.1 Å². The molecule has 3 aliphatic heterocycles. The predicted molar refractivity (Wildman–Crippen MR) is 149 cm³/mol. The topological polar surface area (TPSA) is 69.0 Å². The zero-order chi connectivity index (χ0) is 25.4. The molecule has 2 saturated carbocycles. The van der Waals surface area contributed by atoms with Crippen molar-refractivity contribution in [3.05, 3.63) is 24.3 Å². The van der Waals surface area contributed by atoms with Crippen molar-refractivity contribution >= 4 is 28.8 Å². The van der Waals surface area contributed by atoms with Crippen LogP contribution in [-0.4, -0.2) is 59.6 Å². The highest BCUT2D eigenvalue weighted by Crippen LogP contribution is 2.47. The van der Waals surface area contributed by atoms with E-state index in [1.807, 2.05) is 13.0 Å². The number of esters is 1. The summed E-state index contributed by atoms with van der Waals surface area (Å²) < 4.78 is 5.09. The molecule has 1 aromatic rings. The molecule has 0 radical (unpaired) electrons. The zero-order valence-corrected chi connectivity index (χ0v) is 22.5. The number of benzene rings is 1. The normalized spacial score (nSPS) is 33.3. The molecule has 37 heavy (non-hydrogen) atoms. The van der Waals surface area contributed by atoms with Crippen LogP contribution < -0.4 is 4.90 Å². The van der Waals surface area contributed by atoms with Crippen molar-refractivity contribution in [3.8, 4) is 0 Å². The Morgan fingerprint density at radius 1 is 0.919 bits per heavy atom. The van der Waals surface area contributed by atoms with E-state index in [0.717, 1.165) is 29.3 Å². The monoisotopic (exact) mass is 504 g/mol. The van der Waals surface area contributed by atoms with Crippen molar-refractivity contribution in [2.24, 2.45) is 16.8 Å². The highest BCUT2D eigenvalue weighted by molar-refractivity contribution is 6.43. The number of hydrogen-bond acceptors (Lipinski definition) is 6. The fraction of sp³-hybridized carbons (Fsp3) is 0.710. The van der Waals surface area contributed by atoms with Gasteiger partial charge in [0.15, 0.2) is 0 Å². The highest BCUT2D eigenvalue weighted by Gasteiger charge is 2.46. The number of fused-ring (bicyclic) bond motifs is 5. The average Bonchev–Trinajstić information content (AvgIpc) is 2.90. The number of piperidine rings is 2. The molecule has 6 heteroatoms. The molecule has 200 valence electrons. The Morgan fingerprint density at radius 2 is 1.62 bits per heavy atom. The molecule has 4 atom stereocenters. The van der Waals surface area contributed by atoms with E-state index in [9.17, 15) is 4.79 Å². The minimum Gasteiger partial charge on any atom is -0.466 e. The van der Waals surface area contributed by atoms with Crippen LogP contribution in [0.2, 0.25) is 0 Å². The molecule has 1 aromatic carbocycles. The lowest BCUT2D eigenvalue weighted by Crippen LogP contribution is -2.62. The number of anilines is 1. The van der Waals surface area contributed by atoms with Crippen LogP contribution in [-0.2, 0) is 9.53 Å². The summed E-state index contributed by atoms with van der Waals surface area (Å²) in [7, 11) is 0. The third-order valence-electron chi connectivity index (χ3n) is 9.97. The first-order valence-electron chi connectivity index (χ1n) is 15.0. The molecule has 6 nitrogen and oxygen atoms in total. The molecule has 0 spiro atoms. The highest BCUT2D eigenvalue weighted by atomic mass is 16.5. The maximum absolute atomic E-state index is 11.9. The summed E-state index contributed by atoms with van der Waals surface area (Å²) >= 11 is 0. The van der Waals surface area contributed by atoms with Gasteiger partial charge in [0, 0.05) is 30.6 Å². The Balaban J connectivity index is 1.18. The Labute approximate surface area is 222 Å². The van der Waals surface area contributed by atoms with E-state index in [2.05, 4.69) is 28.0 Å². The van der Waals surface area contributed by atoms with Gasteiger partial charge in [-0.15, -0.1) is 0 Å². The Kier molecular flexibility index (Phi) is 7.38. The first kappa shape index (κ1) is 25.1. The number of carbonyl (C=O) groups excluding carboxylic acids is 1. The van der Waals surface area contributed by atoms with Crippen LogP contribution in [0.3, 0.4) is 0 Å². The van der Waals surface area contributed by atoms with E-state index in [1.165, 1.54) is 76.3 Å². The second kappa shape index (κ2) is 10.9. The van der Waals surface area contributed by atoms with Gasteiger partial charge in [-0.3, -0.25) is 9.69 Å². The van der Waals surface area contributed by atoms with E-state index < -0.39 is 0 Å². The average molecular weight is 505 g/mol. The van der Waals surface area contributed by atoms with E-state index >= 15 is 0 Å². The summed E-state index contributed by atoms with van der Waals surface area (Å²) in [6, 6.07) is 11.1. The lowest BCUT2D eigenvalue weighted by atomic mass is 9.68. The third-order valence-corrected chi connectivity index (χ3v) is 9.97. The number of carbonyl (C=O) groups is 1. The van der Waals surface area contributed by atoms with Crippen molar-refractivity contribution in [2.45, 2.75) is 115 Å². The summed E-state index contributed by atoms with van der Waals surface area (Å²) in [6.45, 7) is 2.89. The summed E-state index contributed by atoms with van der Waals surface area (Å²) in [4.78, 5) is 22.4. The van der Waals surface area contributed by atoms with Crippen LogP contribution in [0.5, 0.6) is 0 Å². The van der Waals surface area contributed by atoms with Gasteiger partial charge >= 0.3 is 5.97 Å². The fourth-order valence-electron chi connectivity index (χ4n) is 8.50. The van der Waals surface area contributed by atoms with Gasteiger partial charge < -0.3 is 15.0 Å². The summed E-state index contributed by atoms with van der Waals surface area (Å²) in [5, 5.41) is 8.73. The van der Waals surface area contributed by atoms with Crippen molar-refractivity contribution in [1.82, 2.24) is 4.90 Å². The molecule has 1 N–H and O–H groups in total. The summed E-state index contributed by atoms with van der Waals surface area (Å²) in [5.41, 5.74) is 3.47. The Morgan fingerprint density at radius 3 is 2.35 bits per heavy atom. The first-order valence-corrected chi connectivity index (χ1v) is 15.0. The molecule has 0 amide bonds. The van der Waals surface area contributed by atoms with E-state index in [-0.39, 0.29) is 12.4 Å². The molecule has 4 fully saturated rings. The molecule has 4 unspecified atom stereocenters. The summed E-state index contributed by atoms with van der Waals surface area (Å²) in [5.74, 6) is 1.72. The first-order chi connectivity index (χ1) is 18.1. The molecule has 2 saturated heterocycles. The van der Waals surface area contributed by atoms with Crippen LogP contribution in [0, 0.1) is 17.2 Å². The van der Waals surface area contributed by atoms with Gasteiger partial charge in [0.1, 0.15) is 0 Å². The number of nitrogens with one attached hydrogen (secondary N) is 1. The molecule has 2 aliphatic carbocycles. The van der Waals surface area contributed by atoms with Gasteiger partial charge in [0.2, 0.25) is 0 Å². The maximum atomic E-state index is 11.9. The van der Waals surface area contributed by atoms with Crippen LogP contribution in [0.15, 0.2) is 29.3 Å². The third kappa shape index (κ3) is 5.23. The summed E-state index contributed by atoms with van der Waals surface area (Å²) in [6.07, 6.45) is 15.9. The van der Waals surface area contributed by atoms with Gasteiger partial charge in [-0.05, 0) is 75.8 Å². The minimum absolute atomic E-state index is 0.229. The van der Waals surface area contributed by atoms with Crippen molar-refractivity contribution in [2.75, 3.05) is 18.1 Å². The SMILES string of the molecule is CCOC(=O)CCC(=N)C1=Nc2ccccc2N(C2CC3CCCC(C2)N3C2CC3CCCC(C3)C2)C1. The van der Waals surface area contributed by atoms with Gasteiger partial charge in [-0.2, -0.15) is 0 Å². The molecular weight excluding hydrogens is 460 g/mol. The number of para-hydroxylation sites is 2. The molecular formula is C31H44N4O2. The lowest BCUT2D eigenvalue weighted by molar-refractivity contribution is -0.142. The van der Waals surface area contributed by atoms with Crippen molar-refractivity contribution in [3.63, 3.8) is 0 Å². The number of rotatable bonds is 7. The lowest BCUT2D eigenvalue weighted by Gasteiger charge is -2.57. The molecule has 0 aromatic heterocycles. The minimum atomic E-state index is -0.229. The van der Waals surface area contributed by atoms with Crippen LogP contribution >= 0.6 is 0 Å². The van der Waals surface area contributed by atoms with Crippen LogP contribution in [0.4, 0.5) is 11.4 Å². The van der Waals surface area contributed by atoms with Crippen molar-refractivity contribution in [1.29, 1.82) is 5.41 Å². The van der Waals surface area contributed by atoms with E-state index in [1.54, 1.807) is 0 Å². The zero-order valence-electron chi connectivity index (χ0n) is 22.5. The number of hydrogen-bond donors (Lipinski definition) is 1. The van der Waals surface area contributed by atoms with Crippen molar-refractivity contribution < 1.29 is 9.53 Å². The van der Waals surface area contributed by atoms with Gasteiger partial charge in [-0.1, -0.05) is 37.8 Å². The number of aliphatic imine (C=N–C) groups is 1. The molecule has 6 rings (SSSR count). The molecule has 3 heterocycles. The quantitative estimate of drug-likeness (QED) is 0.350. The second-order valence-corrected chi connectivity index (χ2v) is 12.3. The van der Waals surface area contributed by atoms with Gasteiger partial charge in [-0.25, -0.2) is 4.99 Å². The number of ether oxygens (including phenoxy) is 1. The second-order valence-electron chi connectivity index (χ2n) is 12.3. The maximum Gasteiger partial charge on any atom is 0.306 e. The van der Waals surface area contributed by atoms with Crippen LogP contribution in [0.1, 0.15) is 90.4 Å². The van der Waals surface area contributed by atoms with Crippen LogP contribution in [0.25, 0.3) is 0 Å². The van der Waals surface area contributed by atoms with E-state index in [0.29, 0.717) is 43.4 Å². The smallest absolute Gasteiger partial charge is 0.306 e. The largest absolute Gasteiger partial charge is 0.466 e. The van der Waals surface area contributed by atoms with Gasteiger partial charge in [0.05, 0.1) is 42.4 Å². The Hall–Kier alpha value is -2.21. The fourth-order valence-corrected chi connectivity index (χ4v) is 8.50. The molecule has 5 aliphatic rings. The molecule has 4 bridgehead atoms. The number of nitrogens with zero attached hydrogens (tertiary/aromatic N) is 3. The Bertz CT molecular complexity index is 1010. The van der Waals surface area contributed by atoms with Gasteiger partial charge in [0.25, 0.3) is 0 Å². The predicted octanol–water partition coefficient (Wildman–Crippen LogP) is 6.30.